The molecule has 6 atom stereocenters. The lowest BCUT2D eigenvalue weighted by atomic mass is 9.68. The number of carbonyl (C=O) groups excluding carboxylic acids is 1. The van der Waals surface area contributed by atoms with Gasteiger partial charge in [0.15, 0.2) is 0 Å². The summed E-state index contributed by atoms with van der Waals surface area (Å²) in [6.45, 7) is 0.356. The summed E-state index contributed by atoms with van der Waals surface area (Å²) in [6.07, 6.45) is 6.94. The summed E-state index contributed by atoms with van der Waals surface area (Å²) in [6, 6.07) is 0. The van der Waals surface area contributed by atoms with Crippen molar-refractivity contribution in [1.82, 2.24) is 4.31 Å². The Morgan fingerprint density at radius 3 is 2.65 bits per heavy atom. The summed E-state index contributed by atoms with van der Waals surface area (Å²) in [4.78, 5) is 12.6. The van der Waals surface area contributed by atoms with Gasteiger partial charge in [-0.25, -0.2) is 12.7 Å². The second kappa shape index (κ2) is 4.32. The SMILES string of the molecule is O=C1C2C3C=CC(C4CC34)C2S(=O)(=O)N1CCCCBr. The van der Waals surface area contributed by atoms with Gasteiger partial charge in [-0.3, -0.25) is 4.79 Å². The molecule has 0 radical (unpaired) electrons. The highest BCUT2D eigenvalue weighted by molar-refractivity contribution is 9.09. The summed E-state index contributed by atoms with van der Waals surface area (Å²) >= 11 is 3.34. The highest BCUT2D eigenvalue weighted by atomic mass is 79.9. The molecule has 2 bridgehead atoms. The normalized spacial score (nSPS) is 46.5. The van der Waals surface area contributed by atoms with Crippen molar-refractivity contribution in [3.8, 4) is 0 Å². The fourth-order valence-electron chi connectivity index (χ4n) is 4.58. The van der Waals surface area contributed by atoms with Gasteiger partial charge < -0.3 is 0 Å². The van der Waals surface area contributed by atoms with Crippen molar-refractivity contribution < 1.29 is 13.2 Å². The maximum atomic E-state index is 12.7. The van der Waals surface area contributed by atoms with Crippen molar-refractivity contribution in [3.63, 3.8) is 0 Å². The number of amides is 1. The fourth-order valence-corrected chi connectivity index (χ4v) is 7.38. The molecule has 110 valence electrons. The topological polar surface area (TPSA) is 54.5 Å². The van der Waals surface area contributed by atoms with Gasteiger partial charge in [0.2, 0.25) is 15.9 Å². The molecule has 0 aromatic heterocycles. The zero-order valence-electron chi connectivity index (χ0n) is 11.1. The molecule has 0 aromatic rings. The lowest BCUT2D eigenvalue weighted by Gasteiger charge is -2.37. The molecule has 0 N–H and O–H groups in total. The Morgan fingerprint density at radius 1 is 1.20 bits per heavy atom. The van der Waals surface area contributed by atoms with Crippen LogP contribution >= 0.6 is 15.9 Å². The van der Waals surface area contributed by atoms with Crippen LogP contribution in [0.1, 0.15) is 19.3 Å². The van der Waals surface area contributed by atoms with Crippen LogP contribution in [-0.2, 0) is 14.8 Å². The molecule has 0 spiro atoms. The van der Waals surface area contributed by atoms with Gasteiger partial charge in [-0.1, -0.05) is 28.1 Å². The van der Waals surface area contributed by atoms with Gasteiger partial charge >= 0.3 is 0 Å². The number of carbonyl (C=O) groups is 1. The van der Waals surface area contributed by atoms with Gasteiger partial charge in [0, 0.05) is 11.9 Å². The van der Waals surface area contributed by atoms with Crippen molar-refractivity contribution in [2.45, 2.75) is 24.5 Å². The van der Waals surface area contributed by atoms with E-state index in [1.54, 1.807) is 0 Å². The van der Waals surface area contributed by atoms with Gasteiger partial charge in [0.25, 0.3) is 0 Å². The first-order valence-corrected chi connectivity index (χ1v) is 9.99. The van der Waals surface area contributed by atoms with Crippen LogP contribution in [0.15, 0.2) is 12.2 Å². The number of sulfonamides is 1. The Balaban J connectivity index is 1.66. The van der Waals surface area contributed by atoms with E-state index in [-0.39, 0.29) is 23.7 Å². The lowest BCUT2D eigenvalue weighted by molar-refractivity contribution is -0.131. The molecule has 1 aliphatic heterocycles. The van der Waals surface area contributed by atoms with Crippen molar-refractivity contribution in [2.24, 2.45) is 29.6 Å². The monoisotopic (exact) mass is 359 g/mol. The number of nitrogens with zero attached hydrogens (tertiary/aromatic N) is 1. The first-order chi connectivity index (χ1) is 9.57. The summed E-state index contributed by atoms with van der Waals surface area (Å²) in [5.74, 6) is 0.949. The number of hydrogen-bond acceptors (Lipinski definition) is 3. The largest absolute Gasteiger partial charge is 0.273 e. The lowest BCUT2D eigenvalue weighted by Crippen LogP contribution is -2.44. The molecule has 3 fully saturated rings. The summed E-state index contributed by atoms with van der Waals surface area (Å²) < 4.78 is 26.7. The van der Waals surface area contributed by atoms with E-state index in [4.69, 9.17) is 0 Å². The molecule has 0 aromatic carbocycles. The third-order valence-electron chi connectivity index (χ3n) is 5.51. The highest BCUT2D eigenvalue weighted by Crippen LogP contribution is 2.64. The highest BCUT2D eigenvalue weighted by Gasteiger charge is 2.69. The molecule has 1 amide bonds. The van der Waals surface area contributed by atoms with Crippen LogP contribution in [0.25, 0.3) is 0 Å². The minimum absolute atomic E-state index is 0.0881. The van der Waals surface area contributed by atoms with Crippen LogP contribution in [0.3, 0.4) is 0 Å². The van der Waals surface area contributed by atoms with E-state index in [9.17, 15) is 13.2 Å². The summed E-state index contributed by atoms with van der Waals surface area (Å²) in [5.41, 5.74) is 0. The third-order valence-corrected chi connectivity index (χ3v) is 8.34. The van der Waals surface area contributed by atoms with E-state index in [1.807, 2.05) is 0 Å². The Morgan fingerprint density at radius 2 is 1.90 bits per heavy atom. The number of allylic oxidation sites excluding steroid dienone is 2. The molecule has 4 nitrogen and oxygen atoms in total. The average molecular weight is 360 g/mol. The molecule has 20 heavy (non-hydrogen) atoms. The number of hydrogen-bond donors (Lipinski definition) is 0. The van der Waals surface area contributed by atoms with Gasteiger partial charge in [0.05, 0.1) is 11.2 Å². The van der Waals surface area contributed by atoms with Crippen LogP contribution in [0, 0.1) is 29.6 Å². The van der Waals surface area contributed by atoms with E-state index < -0.39 is 15.3 Å². The zero-order chi connectivity index (χ0) is 14.1. The summed E-state index contributed by atoms with van der Waals surface area (Å²) in [5, 5.41) is 0.386. The average Bonchev–Trinajstić information content (AvgIpc) is 3.20. The second-order valence-electron chi connectivity index (χ2n) is 6.44. The van der Waals surface area contributed by atoms with Gasteiger partial charge in [-0.15, -0.1) is 0 Å². The first kappa shape index (κ1) is 13.3. The molecular formula is C14H18BrNO3S. The van der Waals surface area contributed by atoms with Gasteiger partial charge in [0.1, 0.15) is 0 Å². The number of halogens is 1. The first-order valence-electron chi connectivity index (χ1n) is 7.37. The Hall–Kier alpha value is -0.360. The number of rotatable bonds is 4. The van der Waals surface area contributed by atoms with Crippen LogP contribution < -0.4 is 0 Å². The van der Waals surface area contributed by atoms with Crippen molar-refractivity contribution in [3.05, 3.63) is 12.2 Å². The van der Waals surface area contributed by atoms with E-state index in [0.717, 1.165) is 24.6 Å². The van der Waals surface area contributed by atoms with Crippen LogP contribution in [-0.4, -0.2) is 35.8 Å². The molecule has 6 unspecified atom stereocenters. The molecule has 5 aliphatic rings. The predicted molar refractivity (Wildman–Crippen MR) is 78.7 cm³/mol. The van der Waals surface area contributed by atoms with Crippen LogP contribution in [0.5, 0.6) is 0 Å². The van der Waals surface area contributed by atoms with Crippen molar-refractivity contribution in [1.29, 1.82) is 0 Å². The number of unbranched alkanes of at least 4 members (excludes halogenated alkanes) is 1. The molecule has 6 heteroatoms. The molecule has 5 rings (SSSR count). The summed E-state index contributed by atoms with van der Waals surface area (Å²) in [7, 11) is -3.44. The zero-order valence-corrected chi connectivity index (χ0v) is 13.5. The van der Waals surface area contributed by atoms with E-state index in [1.165, 1.54) is 4.31 Å². The van der Waals surface area contributed by atoms with Crippen LogP contribution in [0.4, 0.5) is 0 Å². The Labute approximate surface area is 127 Å². The Bertz CT molecular complexity index is 587. The van der Waals surface area contributed by atoms with Crippen molar-refractivity contribution in [2.75, 3.05) is 11.9 Å². The standard InChI is InChI=1S/C14H18BrNO3S/c15-5-1-2-6-16-14(17)12-8-3-4-9(11-7-10(8)11)13(12)20(16,18)19/h3-4,8-13H,1-2,5-7H2. The fraction of sp³-hybridized carbons (Fsp3) is 0.786. The third kappa shape index (κ3) is 1.58. The maximum absolute atomic E-state index is 12.7. The molecule has 4 aliphatic carbocycles. The molecule has 1 heterocycles. The molecule has 2 saturated carbocycles. The van der Waals surface area contributed by atoms with E-state index in [2.05, 4.69) is 28.1 Å². The number of alkyl halides is 1. The van der Waals surface area contributed by atoms with Crippen LogP contribution in [0.2, 0.25) is 0 Å². The minimum Gasteiger partial charge on any atom is -0.273 e. The van der Waals surface area contributed by atoms with E-state index in [0.29, 0.717) is 18.4 Å². The minimum atomic E-state index is -3.44. The van der Waals surface area contributed by atoms with E-state index >= 15 is 0 Å². The van der Waals surface area contributed by atoms with Crippen molar-refractivity contribution >= 4 is 31.9 Å². The quantitative estimate of drug-likeness (QED) is 0.436. The van der Waals surface area contributed by atoms with Gasteiger partial charge in [-0.2, -0.15) is 0 Å². The molecular weight excluding hydrogens is 342 g/mol. The van der Waals surface area contributed by atoms with Gasteiger partial charge in [-0.05, 0) is 42.9 Å². The molecule has 1 saturated heterocycles. The second-order valence-corrected chi connectivity index (χ2v) is 9.25. The Kier molecular flexibility index (Phi) is 2.88. The predicted octanol–water partition coefficient (Wildman–Crippen LogP) is 1.77. The smallest absolute Gasteiger partial charge is 0.241 e. The maximum Gasteiger partial charge on any atom is 0.241 e.